The van der Waals surface area contributed by atoms with Crippen LogP contribution in [-0.2, 0) is 13.0 Å². The van der Waals surface area contributed by atoms with Crippen molar-refractivity contribution in [3.8, 4) is 0 Å². The molecule has 0 aromatic carbocycles. The zero-order chi connectivity index (χ0) is 13.9. The number of hydrogen-bond donors (Lipinski definition) is 3. The standard InChI is InChI=1S/C13H16N6S/c1-3-8-4-5-20-9(8)6-15-11-10-12(17-7-16-10)19-13(14-2)18-11/h4-5,7H,3,6H2,1-2H3,(H3,14,15,16,17,18,19). The van der Waals surface area contributed by atoms with E-state index in [0.717, 1.165) is 24.3 Å². The number of rotatable bonds is 5. The topological polar surface area (TPSA) is 78.5 Å². The van der Waals surface area contributed by atoms with E-state index < -0.39 is 0 Å². The normalized spacial score (nSPS) is 10.9. The summed E-state index contributed by atoms with van der Waals surface area (Å²) < 4.78 is 0. The van der Waals surface area contributed by atoms with E-state index in [0.29, 0.717) is 11.6 Å². The Balaban J connectivity index is 1.88. The predicted molar refractivity (Wildman–Crippen MR) is 82.3 cm³/mol. The van der Waals surface area contributed by atoms with Crippen molar-refractivity contribution in [1.29, 1.82) is 0 Å². The number of thiophene rings is 1. The Morgan fingerprint density at radius 1 is 1.35 bits per heavy atom. The molecule has 3 heterocycles. The van der Waals surface area contributed by atoms with E-state index in [1.165, 1.54) is 10.4 Å². The third-order valence-electron chi connectivity index (χ3n) is 3.14. The Kier molecular flexibility index (Phi) is 3.51. The molecular formula is C13H16N6S. The molecule has 0 aliphatic rings. The number of anilines is 2. The zero-order valence-electron chi connectivity index (χ0n) is 11.4. The van der Waals surface area contributed by atoms with Crippen LogP contribution in [0.25, 0.3) is 11.2 Å². The van der Waals surface area contributed by atoms with Gasteiger partial charge in [0.1, 0.15) is 5.52 Å². The number of hydrogen-bond acceptors (Lipinski definition) is 6. The molecule has 20 heavy (non-hydrogen) atoms. The van der Waals surface area contributed by atoms with Gasteiger partial charge in [-0.15, -0.1) is 11.3 Å². The van der Waals surface area contributed by atoms with Crippen LogP contribution in [0.1, 0.15) is 17.4 Å². The summed E-state index contributed by atoms with van der Waals surface area (Å²) in [6.07, 6.45) is 2.68. The molecule has 0 amide bonds. The average Bonchev–Trinajstić information content (AvgIpc) is 3.12. The van der Waals surface area contributed by atoms with Gasteiger partial charge in [-0.3, -0.25) is 0 Å². The summed E-state index contributed by atoms with van der Waals surface area (Å²) in [5, 5.41) is 8.45. The summed E-state index contributed by atoms with van der Waals surface area (Å²) in [5.74, 6) is 1.33. The molecule has 0 aliphatic heterocycles. The first-order valence-corrected chi connectivity index (χ1v) is 7.37. The van der Waals surface area contributed by atoms with Gasteiger partial charge in [0.05, 0.1) is 12.9 Å². The van der Waals surface area contributed by atoms with Crippen LogP contribution >= 0.6 is 11.3 Å². The van der Waals surface area contributed by atoms with Crippen molar-refractivity contribution in [2.24, 2.45) is 0 Å². The number of imidazole rings is 1. The summed E-state index contributed by atoms with van der Waals surface area (Å²) in [6, 6.07) is 2.17. The largest absolute Gasteiger partial charge is 0.363 e. The molecule has 0 spiro atoms. The van der Waals surface area contributed by atoms with Gasteiger partial charge in [-0.2, -0.15) is 9.97 Å². The third kappa shape index (κ3) is 2.32. The average molecular weight is 288 g/mol. The molecule has 7 heteroatoms. The Morgan fingerprint density at radius 2 is 2.25 bits per heavy atom. The Labute approximate surface area is 120 Å². The van der Waals surface area contributed by atoms with Crippen molar-refractivity contribution in [1.82, 2.24) is 19.9 Å². The maximum absolute atomic E-state index is 4.45. The van der Waals surface area contributed by atoms with Gasteiger partial charge in [-0.25, -0.2) is 4.98 Å². The van der Waals surface area contributed by atoms with Gasteiger partial charge < -0.3 is 15.6 Å². The summed E-state index contributed by atoms with van der Waals surface area (Å²) in [4.78, 5) is 17.3. The van der Waals surface area contributed by atoms with Crippen molar-refractivity contribution in [3.05, 3.63) is 28.2 Å². The first-order chi connectivity index (χ1) is 9.81. The van der Waals surface area contributed by atoms with Crippen molar-refractivity contribution < 1.29 is 0 Å². The van der Waals surface area contributed by atoms with Gasteiger partial charge in [0.25, 0.3) is 0 Å². The van der Waals surface area contributed by atoms with Crippen molar-refractivity contribution in [2.75, 3.05) is 17.7 Å². The molecule has 104 valence electrons. The zero-order valence-corrected chi connectivity index (χ0v) is 12.2. The molecule has 0 aliphatic carbocycles. The second-order valence-corrected chi connectivity index (χ2v) is 5.32. The molecule has 0 bridgehead atoms. The SMILES string of the molecule is CCc1ccsc1CNc1nc(NC)nc2nc[nH]c12. The highest BCUT2D eigenvalue weighted by molar-refractivity contribution is 7.10. The maximum Gasteiger partial charge on any atom is 0.226 e. The fourth-order valence-electron chi connectivity index (χ4n) is 2.07. The second-order valence-electron chi connectivity index (χ2n) is 4.32. The van der Waals surface area contributed by atoms with E-state index in [1.807, 2.05) is 0 Å². The van der Waals surface area contributed by atoms with Gasteiger partial charge in [-0.05, 0) is 23.4 Å². The minimum absolute atomic E-state index is 0.564. The number of aromatic amines is 1. The molecule has 3 aromatic heterocycles. The van der Waals surface area contributed by atoms with Gasteiger partial charge in [0, 0.05) is 11.9 Å². The summed E-state index contributed by atoms with van der Waals surface area (Å²) in [5.41, 5.74) is 2.87. The predicted octanol–water partition coefficient (Wildman–Crippen LogP) is 2.63. The molecule has 3 N–H and O–H groups in total. The lowest BCUT2D eigenvalue weighted by atomic mass is 10.2. The van der Waals surface area contributed by atoms with Crippen LogP contribution in [-0.4, -0.2) is 27.0 Å². The third-order valence-corrected chi connectivity index (χ3v) is 4.11. The van der Waals surface area contributed by atoms with E-state index >= 15 is 0 Å². The molecule has 3 rings (SSSR count). The van der Waals surface area contributed by atoms with E-state index in [4.69, 9.17) is 0 Å². The summed E-state index contributed by atoms with van der Waals surface area (Å²) in [7, 11) is 1.80. The molecule has 0 atom stereocenters. The Morgan fingerprint density at radius 3 is 3.05 bits per heavy atom. The number of nitrogens with one attached hydrogen (secondary N) is 3. The van der Waals surface area contributed by atoms with Crippen LogP contribution < -0.4 is 10.6 Å². The summed E-state index contributed by atoms with van der Waals surface area (Å²) in [6.45, 7) is 2.93. The smallest absolute Gasteiger partial charge is 0.226 e. The van der Waals surface area contributed by atoms with Crippen LogP contribution in [0.3, 0.4) is 0 Å². The lowest BCUT2D eigenvalue weighted by molar-refractivity contribution is 1.06. The van der Waals surface area contributed by atoms with Gasteiger partial charge in [0.15, 0.2) is 11.5 Å². The minimum atomic E-state index is 0.564. The molecule has 6 nitrogen and oxygen atoms in total. The number of aromatic nitrogens is 4. The Hall–Kier alpha value is -2.15. The van der Waals surface area contributed by atoms with Crippen LogP contribution in [0.5, 0.6) is 0 Å². The second kappa shape index (κ2) is 5.46. The fraction of sp³-hybridized carbons (Fsp3) is 0.308. The van der Waals surface area contributed by atoms with Crippen LogP contribution in [0.15, 0.2) is 17.8 Å². The fourth-order valence-corrected chi connectivity index (χ4v) is 2.99. The highest BCUT2D eigenvalue weighted by Crippen LogP contribution is 2.22. The van der Waals surface area contributed by atoms with Crippen molar-refractivity contribution in [2.45, 2.75) is 19.9 Å². The number of H-pyrrole nitrogens is 1. The van der Waals surface area contributed by atoms with Crippen LogP contribution in [0.4, 0.5) is 11.8 Å². The van der Waals surface area contributed by atoms with Crippen LogP contribution in [0.2, 0.25) is 0 Å². The van der Waals surface area contributed by atoms with Crippen LogP contribution in [0, 0.1) is 0 Å². The van der Waals surface area contributed by atoms with Crippen molar-refractivity contribution in [3.63, 3.8) is 0 Å². The first-order valence-electron chi connectivity index (χ1n) is 6.49. The lowest BCUT2D eigenvalue weighted by Crippen LogP contribution is -2.05. The number of aryl methyl sites for hydroxylation is 1. The molecule has 0 radical (unpaired) electrons. The van der Waals surface area contributed by atoms with Gasteiger partial charge >= 0.3 is 0 Å². The molecule has 0 unspecified atom stereocenters. The van der Waals surface area contributed by atoms with E-state index in [2.05, 4.69) is 48.9 Å². The van der Waals surface area contributed by atoms with E-state index in [1.54, 1.807) is 24.7 Å². The minimum Gasteiger partial charge on any atom is -0.363 e. The monoisotopic (exact) mass is 288 g/mol. The quantitative estimate of drug-likeness (QED) is 0.672. The van der Waals surface area contributed by atoms with Gasteiger partial charge in [-0.1, -0.05) is 6.92 Å². The first kappa shape index (κ1) is 12.9. The van der Waals surface area contributed by atoms with E-state index in [9.17, 15) is 0 Å². The summed E-state index contributed by atoms with van der Waals surface area (Å²) >= 11 is 1.76. The van der Waals surface area contributed by atoms with E-state index in [-0.39, 0.29) is 0 Å². The Bertz CT molecular complexity index is 717. The molecule has 3 aromatic rings. The maximum atomic E-state index is 4.45. The highest BCUT2D eigenvalue weighted by atomic mass is 32.1. The lowest BCUT2D eigenvalue weighted by Gasteiger charge is -2.08. The van der Waals surface area contributed by atoms with Crippen molar-refractivity contribution >= 4 is 34.3 Å². The number of fused-ring (bicyclic) bond motifs is 1. The van der Waals surface area contributed by atoms with Gasteiger partial charge in [0.2, 0.25) is 5.95 Å². The molecule has 0 fully saturated rings. The molecule has 0 saturated carbocycles. The molecular weight excluding hydrogens is 272 g/mol. The highest BCUT2D eigenvalue weighted by Gasteiger charge is 2.10. The molecule has 0 saturated heterocycles. The number of nitrogens with zero attached hydrogens (tertiary/aromatic N) is 3.